The summed E-state index contributed by atoms with van der Waals surface area (Å²) in [5.74, 6) is 0.813. The Hall–Kier alpha value is -1.84. The molecule has 0 amide bonds. The van der Waals surface area contributed by atoms with Crippen LogP contribution < -0.4 is 9.47 Å². The van der Waals surface area contributed by atoms with Gasteiger partial charge in [0.25, 0.3) is 0 Å². The Morgan fingerprint density at radius 1 is 1.31 bits per heavy atom. The van der Waals surface area contributed by atoms with Crippen LogP contribution in [0, 0.1) is 6.92 Å². The number of aldehydes is 1. The highest BCUT2D eigenvalue weighted by Gasteiger charge is 2.16. The molecule has 0 bridgehead atoms. The summed E-state index contributed by atoms with van der Waals surface area (Å²) in [6.45, 7) is 1.78. The summed E-state index contributed by atoms with van der Waals surface area (Å²) in [5.41, 5.74) is 1.18. The van der Waals surface area contributed by atoms with Crippen LogP contribution in [0.5, 0.6) is 11.5 Å². The lowest BCUT2D eigenvalue weighted by atomic mass is 10.0. The van der Waals surface area contributed by atoms with E-state index in [1.807, 2.05) is 0 Å². The summed E-state index contributed by atoms with van der Waals surface area (Å²) in [6.07, 6.45) is 0.453. The van der Waals surface area contributed by atoms with E-state index >= 15 is 0 Å². The largest absolute Gasteiger partial charge is 0.497 e. The maximum Gasteiger partial charge on any atom is 0.173 e. The Morgan fingerprint density at radius 2 is 2.00 bits per heavy atom. The number of rotatable bonds is 5. The SMILES string of the molecule is COc1cc(C)c(C(=O)CC=O)c(OC)c1. The van der Waals surface area contributed by atoms with Gasteiger partial charge >= 0.3 is 0 Å². The van der Waals surface area contributed by atoms with Crippen molar-refractivity contribution < 1.29 is 19.1 Å². The van der Waals surface area contributed by atoms with Crippen molar-refractivity contribution in [1.29, 1.82) is 0 Å². The first-order valence-corrected chi connectivity index (χ1v) is 4.83. The summed E-state index contributed by atoms with van der Waals surface area (Å²) in [4.78, 5) is 22.0. The molecule has 16 heavy (non-hydrogen) atoms. The van der Waals surface area contributed by atoms with Gasteiger partial charge in [-0.2, -0.15) is 0 Å². The van der Waals surface area contributed by atoms with Crippen LogP contribution in [-0.4, -0.2) is 26.3 Å². The summed E-state index contributed by atoms with van der Waals surface area (Å²) in [5, 5.41) is 0. The molecule has 0 fully saturated rings. The smallest absolute Gasteiger partial charge is 0.173 e. The Morgan fingerprint density at radius 3 is 2.50 bits per heavy atom. The molecule has 0 heterocycles. The molecule has 4 nitrogen and oxygen atoms in total. The van der Waals surface area contributed by atoms with Crippen molar-refractivity contribution in [1.82, 2.24) is 0 Å². The van der Waals surface area contributed by atoms with Crippen molar-refractivity contribution in [3.8, 4) is 11.5 Å². The summed E-state index contributed by atoms with van der Waals surface area (Å²) in [6, 6.07) is 3.37. The van der Waals surface area contributed by atoms with Crippen molar-refractivity contribution in [3.63, 3.8) is 0 Å². The molecule has 0 aromatic heterocycles. The molecule has 0 spiro atoms. The van der Waals surface area contributed by atoms with Gasteiger partial charge in [-0.05, 0) is 18.6 Å². The molecule has 1 aromatic carbocycles. The van der Waals surface area contributed by atoms with E-state index in [4.69, 9.17) is 9.47 Å². The number of ketones is 1. The second kappa shape index (κ2) is 5.30. The molecular weight excluding hydrogens is 208 g/mol. The topological polar surface area (TPSA) is 52.6 Å². The molecule has 1 rings (SSSR count). The fraction of sp³-hybridized carbons (Fsp3) is 0.333. The van der Waals surface area contributed by atoms with E-state index in [1.165, 1.54) is 7.11 Å². The lowest BCUT2D eigenvalue weighted by Crippen LogP contribution is -2.05. The number of Topliss-reactive ketones (excluding diaryl/α,β-unsaturated/α-hetero) is 1. The van der Waals surface area contributed by atoms with Gasteiger partial charge in [0.2, 0.25) is 0 Å². The fourth-order valence-electron chi connectivity index (χ4n) is 1.54. The highest BCUT2D eigenvalue weighted by molar-refractivity contribution is 6.05. The van der Waals surface area contributed by atoms with Gasteiger partial charge < -0.3 is 14.3 Å². The minimum atomic E-state index is -0.244. The van der Waals surface area contributed by atoms with Crippen LogP contribution in [0.1, 0.15) is 22.3 Å². The van der Waals surface area contributed by atoms with Crippen LogP contribution >= 0.6 is 0 Å². The second-order valence-corrected chi connectivity index (χ2v) is 3.32. The zero-order chi connectivity index (χ0) is 12.1. The third-order valence-electron chi connectivity index (χ3n) is 2.28. The number of methoxy groups -OCH3 is 2. The van der Waals surface area contributed by atoms with E-state index in [0.717, 1.165) is 5.56 Å². The van der Waals surface area contributed by atoms with Crippen molar-refractivity contribution >= 4 is 12.1 Å². The quantitative estimate of drug-likeness (QED) is 0.433. The average molecular weight is 222 g/mol. The molecule has 1 aromatic rings. The molecule has 0 atom stereocenters. The van der Waals surface area contributed by atoms with E-state index in [2.05, 4.69) is 0 Å². The number of hydrogen-bond donors (Lipinski definition) is 0. The van der Waals surface area contributed by atoms with Crippen molar-refractivity contribution in [2.45, 2.75) is 13.3 Å². The Labute approximate surface area is 94.2 Å². The number of aryl methyl sites for hydroxylation is 1. The zero-order valence-electron chi connectivity index (χ0n) is 9.57. The first kappa shape index (κ1) is 12.2. The number of benzene rings is 1. The van der Waals surface area contributed by atoms with Gasteiger partial charge in [0.1, 0.15) is 17.8 Å². The number of hydrogen-bond acceptors (Lipinski definition) is 4. The normalized spacial score (nSPS) is 9.69. The zero-order valence-corrected chi connectivity index (χ0v) is 9.57. The minimum Gasteiger partial charge on any atom is -0.497 e. The number of carbonyl (C=O) groups is 2. The van der Waals surface area contributed by atoms with E-state index in [9.17, 15) is 9.59 Å². The minimum absolute atomic E-state index is 0.135. The fourth-order valence-corrected chi connectivity index (χ4v) is 1.54. The molecule has 0 N–H and O–H groups in total. The van der Waals surface area contributed by atoms with Crippen LogP contribution in [0.15, 0.2) is 12.1 Å². The van der Waals surface area contributed by atoms with Crippen molar-refractivity contribution in [2.75, 3.05) is 14.2 Å². The standard InChI is InChI=1S/C12H14O4/c1-8-6-9(15-2)7-11(16-3)12(8)10(14)4-5-13/h5-7H,4H2,1-3H3. The van der Waals surface area contributed by atoms with E-state index in [-0.39, 0.29) is 12.2 Å². The van der Waals surface area contributed by atoms with Gasteiger partial charge in [0.05, 0.1) is 26.2 Å². The van der Waals surface area contributed by atoms with E-state index < -0.39 is 0 Å². The molecule has 86 valence electrons. The number of ether oxygens (including phenoxy) is 2. The molecule has 4 heteroatoms. The van der Waals surface area contributed by atoms with Crippen LogP contribution in [-0.2, 0) is 4.79 Å². The van der Waals surface area contributed by atoms with Gasteiger partial charge in [-0.1, -0.05) is 0 Å². The monoisotopic (exact) mass is 222 g/mol. The summed E-state index contributed by atoms with van der Waals surface area (Å²) >= 11 is 0. The van der Waals surface area contributed by atoms with E-state index in [0.29, 0.717) is 23.3 Å². The van der Waals surface area contributed by atoms with Crippen LogP contribution in [0.4, 0.5) is 0 Å². The first-order valence-electron chi connectivity index (χ1n) is 4.83. The molecule has 0 aliphatic heterocycles. The predicted molar refractivity (Wildman–Crippen MR) is 59.3 cm³/mol. The Kier molecular flexibility index (Phi) is 4.05. The van der Waals surface area contributed by atoms with Gasteiger partial charge in [-0.3, -0.25) is 4.79 Å². The molecule has 0 aliphatic rings. The molecule has 0 saturated carbocycles. The van der Waals surface area contributed by atoms with E-state index in [1.54, 1.807) is 26.2 Å². The van der Waals surface area contributed by atoms with Crippen LogP contribution in [0.25, 0.3) is 0 Å². The molecular formula is C12H14O4. The van der Waals surface area contributed by atoms with Crippen LogP contribution in [0.2, 0.25) is 0 Å². The summed E-state index contributed by atoms with van der Waals surface area (Å²) in [7, 11) is 3.02. The highest BCUT2D eigenvalue weighted by Crippen LogP contribution is 2.29. The van der Waals surface area contributed by atoms with Gasteiger partial charge in [0.15, 0.2) is 5.78 Å². The lowest BCUT2D eigenvalue weighted by molar-refractivity contribution is -0.107. The third kappa shape index (κ3) is 2.39. The van der Waals surface area contributed by atoms with Crippen LogP contribution in [0.3, 0.4) is 0 Å². The molecule has 0 aliphatic carbocycles. The lowest BCUT2D eigenvalue weighted by Gasteiger charge is -2.11. The average Bonchev–Trinajstić information content (AvgIpc) is 2.27. The van der Waals surface area contributed by atoms with Gasteiger partial charge in [-0.25, -0.2) is 0 Å². The van der Waals surface area contributed by atoms with Crippen molar-refractivity contribution in [3.05, 3.63) is 23.3 Å². The first-order chi connectivity index (χ1) is 7.63. The van der Waals surface area contributed by atoms with Crippen molar-refractivity contribution in [2.24, 2.45) is 0 Å². The second-order valence-electron chi connectivity index (χ2n) is 3.32. The molecule has 0 unspecified atom stereocenters. The Balaban J connectivity index is 3.26. The summed E-state index contributed by atoms with van der Waals surface area (Å²) < 4.78 is 10.2. The maximum atomic E-state index is 11.7. The molecule has 0 radical (unpaired) electrons. The predicted octanol–water partition coefficient (Wildman–Crippen LogP) is 1.78. The maximum absolute atomic E-state index is 11.7. The Bertz CT molecular complexity index is 410. The van der Waals surface area contributed by atoms with Gasteiger partial charge in [-0.15, -0.1) is 0 Å². The molecule has 0 saturated heterocycles. The number of carbonyl (C=O) groups excluding carboxylic acids is 2. The third-order valence-corrected chi connectivity index (χ3v) is 2.28. The van der Waals surface area contributed by atoms with Gasteiger partial charge in [0, 0.05) is 6.07 Å². The highest BCUT2D eigenvalue weighted by atomic mass is 16.5.